The molecule has 6 nitrogen and oxygen atoms in total. The highest BCUT2D eigenvalue weighted by molar-refractivity contribution is 7.89. The number of primary sulfonamides is 1. The van der Waals surface area contributed by atoms with Gasteiger partial charge >= 0.3 is 0 Å². The number of nitrogens with zero attached hydrogens (tertiary/aromatic N) is 1. The number of anilines is 2. The average molecular weight is 377 g/mol. The van der Waals surface area contributed by atoms with Crippen molar-refractivity contribution < 1.29 is 17.6 Å². The molecule has 1 aliphatic heterocycles. The highest BCUT2D eigenvalue weighted by Gasteiger charge is 2.24. The summed E-state index contributed by atoms with van der Waals surface area (Å²) in [4.78, 5) is 14.0. The van der Waals surface area contributed by atoms with Crippen molar-refractivity contribution in [1.82, 2.24) is 0 Å². The Balaban J connectivity index is 1.78. The zero-order valence-corrected chi connectivity index (χ0v) is 15.1. The molecule has 0 atom stereocenters. The number of rotatable bonds is 4. The third-order valence-corrected chi connectivity index (χ3v) is 5.33. The molecule has 8 heteroatoms. The van der Waals surface area contributed by atoms with Gasteiger partial charge < -0.3 is 10.2 Å². The van der Waals surface area contributed by atoms with E-state index in [-0.39, 0.29) is 23.2 Å². The Kier molecular flexibility index (Phi) is 4.97. The van der Waals surface area contributed by atoms with E-state index >= 15 is 0 Å². The summed E-state index contributed by atoms with van der Waals surface area (Å²) in [5.74, 6) is -0.695. The lowest BCUT2D eigenvalue weighted by Gasteiger charge is -2.32. The molecule has 138 valence electrons. The highest BCUT2D eigenvalue weighted by Crippen LogP contribution is 2.32. The number of nitrogens with one attached hydrogen (secondary N) is 1. The summed E-state index contributed by atoms with van der Waals surface area (Å²) in [6.07, 6.45) is 1.62. The van der Waals surface area contributed by atoms with Crippen molar-refractivity contribution in [2.75, 3.05) is 23.3 Å². The predicted molar refractivity (Wildman–Crippen MR) is 98.1 cm³/mol. The first-order valence-electron chi connectivity index (χ1n) is 8.21. The van der Waals surface area contributed by atoms with Crippen LogP contribution in [0.5, 0.6) is 0 Å². The molecule has 1 aliphatic rings. The summed E-state index contributed by atoms with van der Waals surface area (Å²) in [6.45, 7) is 2.49. The van der Waals surface area contributed by atoms with Gasteiger partial charge in [-0.1, -0.05) is 12.1 Å². The van der Waals surface area contributed by atoms with Crippen LogP contribution in [-0.2, 0) is 21.2 Å². The first-order valence-corrected chi connectivity index (χ1v) is 9.76. The van der Waals surface area contributed by atoms with Crippen LogP contribution in [-0.4, -0.2) is 27.4 Å². The molecule has 1 heterocycles. The summed E-state index contributed by atoms with van der Waals surface area (Å²) < 4.78 is 37.1. The van der Waals surface area contributed by atoms with E-state index in [2.05, 4.69) is 5.32 Å². The van der Waals surface area contributed by atoms with Gasteiger partial charge in [-0.15, -0.1) is 0 Å². The first kappa shape index (κ1) is 18.3. The molecular formula is C18H20FN3O3S. The molecule has 0 spiro atoms. The molecular weight excluding hydrogens is 357 g/mol. The molecule has 3 N–H and O–H groups in total. The summed E-state index contributed by atoms with van der Waals surface area (Å²) in [5, 5.41) is 7.74. The van der Waals surface area contributed by atoms with E-state index in [1.165, 1.54) is 24.3 Å². The summed E-state index contributed by atoms with van der Waals surface area (Å²) >= 11 is 0. The Labute approximate surface area is 151 Å². The molecule has 3 rings (SSSR count). The number of fused-ring (bicyclic) bond motifs is 1. The van der Waals surface area contributed by atoms with Gasteiger partial charge in [0.15, 0.2) is 0 Å². The Morgan fingerprint density at radius 3 is 2.81 bits per heavy atom. The third kappa shape index (κ3) is 3.86. The number of amides is 1. The fraction of sp³-hybridized carbons (Fsp3) is 0.278. The fourth-order valence-electron chi connectivity index (χ4n) is 3.21. The molecule has 0 bridgehead atoms. The minimum atomic E-state index is -3.85. The molecule has 0 radical (unpaired) electrons. The molecule has 0 aromatic heterocycles. The van der Waals surface area contributed by atoms with Crippen LogP contribution in [0.1, 0.15) is 17.5 Å². The zero-order chi connectivity index (χ0) is 18.9. The molecule has 0 unspecified atom stereocenters. The highest BCUT2D eigenvalue weighted by atomic mass is 32.2. The van der Waals surface area contributed by atoms with Crippen molar-refractivity contribution in [3.8, 4) is 0 Å². The number of halogens is 1. The van der Waals surface area contributed by atoms with Crippen molar-refractivity contribution in [3.05, 3.63) is 53.3 Å². The molecule has 2 aromatic rings. The number of nitrogens with two attached hydrogens (primary N) is 1. The van der Waals surface area contributed by atoms with Crippen molar-refractivity contribution in [2.45, 2.75) is 24.7 Å². The molecule has 0 saturated heterocycles. The number of hydrogen-bond donors (Lipinski definition) is 2. The lowest BCUT2D eigenvalue weighted by molar-refractivity contribution is -0.115. The van der Waals surface area contributed by atoms with Gasteiger partial charge in [0.05, 0.1) is 17.1 Å². The van der Waals surface area contributed by atoms with E-state index in [0.717, 1.165) is 24.0 Å². The van der Waals surface area contributed by atoms with E-state index in [0.29, 0.717) is 17.9 Å². The average Bonchev–Trinajstić information content (AvgIpc) is 2.58. The Hall–Kier alpha value is -2.45. The maximum atomic E-state index is 14.3. The number of hydrogen-bond acceptors (Lipinski definition) is 4. The van der Waals surface area contributed by atoms with Gasteiger partial charge in [-0.3, -0.25) is 4.79 Å². The number of carbonyl (C=O) groups is 1. The minimum absolute atomic E-state index is 0.0209. The Bertz CT molecular complexity index is 960. The standard InChI is InChI=1S/C18H20FN3O3S/c1-12-7-8-16(19)18-15(12)6-3-9-22(18)11-17(23)21-13-4-2-5-14(10-13)26(20,24)25/h2,4-5,7-8,10H,3,6,9,11H2,1H3,(H,21,23)(H2,20,24,25). The van der Waals surface area contributed by atoms with Crippen LogP contribution in [0.4, 0.5) is 15.8 Å². The van der Waals surface area contributed by atoms with Crippen LogP contribution < -0.4 is 15.4 Å². The topological polar surface area (TPSA) is 92.5 Å². The van der Waals surface area contributed by atoms with Crippen molar-refractivity contribution in [2.24, 2.45) is 5.14 Å². The molecule has 2 aromatic carbocycles. The van der Waals surface area contributed by atoms with Gasteiger partial charge in [0.25, 0.3) is 0 Å². The molecule has 0 saturated carbocycles. The monoisotopic (exact) mass is 377 g/mol. The SMILES string of the molecule is Cc1ccc(F)c2c1CCCN2CC(=O)Nc1cccc(S(N)(=O)=O)c1. The summed E-state index contributed by atoms with van der Waals surface area (Å²) in [7, 11) is -3.85. The zero-order valence-electron chi connectivity index (χ0n) is 14.3. The number of benzene rings is 2. The third-order valence-electron chi connectivity index (χ3n) is 4.42. The number of carbonyl (C=O) groups excluding carboxylic acids is 1. The van der Waals surface area contributed by atoms with Crippen LogP contribution in [0.15, 0.2) is 41.3 Å². The van der Waals surface area contributed by atoms with Crippen LogP contribution in [0.25, 0.3) is 0 Å². The second-order valence-corrected chi connectivity index (χ2v) is 7.90. The van der Waals surface area contributed by atoms with Crippen molar-refractivity contribution >= 4 is 27.3 Å². The quantitative estimate of drug-likeness (QED) is 0.854. The van der Waals surface area contributed by atoms with Gasteiger partial charge in [-0.2, -0.15) is 0 Å². The van der Waals surface area contributed by atoms with E-state index in [1.807, 2.05) is 6.92 Å². The maximum absolute atomic E-state index is 14.3. The Morgan fingerprint density at radius 2 is 2.08 bits per heavy atom. The van der Waals surface area contributed by atoms with Crippen molar-refractivity contribution in [1.29, 1.82) is 0 Å². The van der Waals surface area contributed by atoms with Gasteiger partial charge in [0.2, 0.25) is 15.9 Å². The fourth-order valence-corrected chi connectivity index (χ4v) is 3.77. The van der Waals surface area contributed by atoms with Gasteiger partial charge in [-0.05, 0) is 55.2 Å². The van der Waals surface area contributed by atoms with Crippen LogP contribution >= 0.6 is 0 Å². The number of aryl methyl sites for hydroxylation is 1. The second-order valence-electron chi connectivity index (χ2n) is 6.34. The lowest BCUT2D eigenvalue weighted by atomic mass is 9.96. The normalized spacial score (nSPS) is 14.0. The molecule has 1 amide bonds. The first-order chi connectivity index (χ1) is 12.3. The largest absolute Gasteiger partial charge is 0.360 e. The lowest BCUT2D eigenvalue weighted by Crippen LogP contribution is -2.37. The van der Waals surface area contributed by atoms with Crippen LogP contribution in [0.3, 0.4) is 0 Å². The smallest absolute Gasteiger partial charge is 0.243 e. The minimum Gasteiger partial charge on any atom is -0.360 e. The van der Waals surface area contributed by atoms with E-state index < -0.39 is 10.0 Å². The van der Waals surface area contributed by atoms with Crippen LogP contribution in [0.2, 0.25) is 0 Å². The summed E-state index contributed by atoms with van der Waals surface area (Å²) in [6, 6.07) is 8.87. The predicted octanol–water partition coefficient (Wildman–Crippen LogP) is 2.17. The maximum Gasteiger partial charge on any atom is 0.243 e. The molecule has 26 heavy (non-hydrogen) atoms. The van der Waals surface area contributed by atoms with E-state index in [4.69, 9.17) is 5.14 Å². The second kappa shape index (κ2) is 7.05. The Morgan fingerprint density at radius 1 is 1.31 bits per heavy atom. The van der Waals surface area contributed by atoms with E-state index in [1.54, 1.807) is 17.0 Å². The molecule has 0 fully saturated rings. The number of sulfonamides is 1. The van der Waals surface area contributed by atoms with Gasteiger partial charge in [0.1, 0.15) is 5.82 Å². The molecule has 0 aliphatic carbocycles. The summed E-state index contributed by atoms with van der Waals surface area (Å²) in [5.41, 5.74) is 2.74. The van der Waals surface area contributed by atoms with E-state index in [9.17, 15) is 17.6 Å². The van der Waals surface area contributed by atoms with Crippen LogP contribution in [0, 0.1) is 12.7 Å². The van der Waals surface area contributed by atoms with Gasteiger partial charge in [-0.25, -0.2) is 17.9 Å². The van der Waals surface area contributed by atoms with Gasteiger partial charge in [0, 0.05) is 12.2 Å². The van der Waals surface area contributed by atoms with Crippen molar-refractivity contribution in [3.63, 3.8) is 0 Å².